The molecule has 1 fully saturated rings. The van der Waals surface area contributed by atoms with E-state index in [4.69, 9.17) is 0 Å². The SMILES string of the molecule is Cn1c(=O)c2ccnn2c2ccc(C(=O)NCC3CCN(Cc4ccccc4F)CC3)cc21. The van der Waals surface area contributed by atoms with Crippen LogP contribution in [-0.2, 0) is 13.6 Å². The average Bonchev–Trinajstić information content (AvgIpc) is 3.33. The molecule has 170 valence electrons. The maximum Gasteiger partial charge on any atom is 0.276 e. The molecule has 0 unspecified atom stereocenters. The number of hydrogen-bond donors (Lipinski definition) is 1. The Bertz CT molecular complexity index is 1380. The van der Waals surface area contributed by atoms with Crippen LogP contribution in [0.2, 0.25) is 0 Å². The number of carbonyl (C=O) groups excluding carboxylic acids is 1. The number of fused-ring (bicyclic) bond motifs is 3. The summed E-state index contributed by atoms with van der Waals surface area (Å²) in [6, 6.07) is 13.9. The number of aryl methyl sites for hydroxylation is 1. The first-order valence-electron chi connectivity index (χ1n) is 11.2. The smallest absolute Gasteiger partial charge is 0.276 e. The third-order valence-corrected chi connectivity index (χ3v) is 6.60. The minimum atomic E-state index is -0.159. The number of nitrogens with zero attached hydrogens (tertiary/aromatic N) is 4. The Morgan fingerprint density at radius 3 is 2.67 bits per heavy atom. The molecule has 0 spiro atoms. The maximum absolute atomic E-state index is 13.9. The lowest BCUT2D eigenvalue weighted by molar-refractivity contribution is 0.0935. The zero-order chi connectivity index (χ0) is 22.9. The molecule has 0 atom stereocenters. The summed E-state index contributed by atoms with van der Waals surface area (Å²) < 4.78 is 17.1. The number of benzene rings is 2. The molecule has 2 aromatic carbocycles. The summed E-state index contributed by atoms with van der Waals surface area (Å²) in [5, 5.41) is 7.28. The molecular formula is C25H26FN5O2. The van der Waals surface area contributed by atoms with Crippen LogP contribution in [-0.4, -0.2) is 44.6 Å². The highest BCUT2D eigenvalue weighted by atomic mass is 19.1. The zero-order valence-corrected chi connectivity index (χ0v) is 18.5. The van der Waals surface area contributed by atoms with E-state index in [1.165, 1.54) is 6.07 Å². The van der Waals surface area contributed by atoms with Crippen LogP contribution in [0.5, 0.6) is 0 Å². The Kier molecular flexibility index (Phi) is 5.68. The van der Waals surface area contributed by atoms with Gasteiger partial charge in [-0.15, -0.1) is 0 Å². The highest BCUT2D eigenvalue weighted by Gasteiger charge is 2.21. The van der Waals surface area contributed by atoms with Crippen molar-refractivity contribution in [1.29, 1.82) is 0 Å². The van der Waals surface area contributed by atoms with E-state index < -0.39 is 0 Å². The van der Waals surface area contributed by atoms with E-state index in [0.29, 0.717) is 35.6 Å². The van der Waals surface area contributed by atoms with Crippen LogP contribution in [0.15, 0.2) is 59.5 Å². The predicted octanol–water partition coefficient (Wildman–Crippen LogP) is 2.97. The molecule has 0 saturated carbocycles. The van der Waals surface area contributed by atoms with Crippen LogP contribution in [0.1, 0.15) is 28.8 Å². The van der Waals surface area contributed by atoms with Crippen molar-refractivity contribution in [3.63, 3.8) is 0 Å². The fourth-order valence-electron chi connectivity index (χ4n) is 4.61. The number of hydrogen-bond acceptors (Lipinski definition) is 4. The third-order valence-electron chi connectivity index (χ3n) is 6.60. The lowest BCUT2D eigenvalue weighted by atomic mass is 9.96. The number of carbonyl (C=O) groups is 1. The Labute approximate surface area is 190 Å². The summed E-state index contributed by atoms with van der Waals surface area (Å²) in [7, 11) is 1.70. The van der Waals surface area contributed by atoms with Crippen LogP contribution < -0.4 is 10.9 Å². The van der Waals surface area contributed by atoms with Crippen LogP contribution in [0.25, 0.3) is 16.6 Å². The highest BCUT2D eigenvalue weighted by Crippen LogP contribution is 2.20. The number of amides is 1. The van der Waals surface area contributed by atoms with Gasteiger partial charge in [-0.25, -0.2) is 8.91 Å². The normalized spacial score (nSPS) is 15.3. The number of rotatable bonds is 5. The third kappa shape index (κ3) is 4.14. The summed E-state index contributed by atoms with van der Waals surface area (Å²) in [5.74, 6) is 0.0751. The van der Waals surface area contributed by atoms with Gasteiger partial charge in [0.15, 0.2) is 0 Å². The molecule has 1 amide bonds. The van der Waals surface area contributed by atoms with Crippen molar-refractivity contribution in [2.75, 3.05) is 19.6 Å². The molecule has 4 aromatic rings. The number of nitrogens with one attached hydrogen (secondary N) is 1. The molecule has 1 N–H and O–H groups in total. The number of aromatic nitrogens is 3. The summed E-state index contributed by atoms with van der Waals surface area (Å²) in [6.45, 7) is 2.98. The van der Waals surface area contributed by atoms with Crippen LogP contribution in [0.3, 0.4) is 0 Å². The number of piperidine rings is 1. The Morgan fingerprint density at radius 2 is 1.88 bits per heavy atom. The second-order valence-corrected chi connectivity index (χ2v) is 8.72. The molecule has 2 aromatic heterocycles. The molecule has 1 saturated heterocycles. The van der Waals surface area contributed by atoms with Gasteiger partial charge < -0.3 is 9.88 Å². The first kappa shape index (κ1) is 21.3. The molecule has 0 aliphatic carbocycles. The first-order valence-corrected chi connectivity index (χ1v) is 11.2. The molecule has 0 radical (unpaired) electrons. The van der Waals surface area contributed by atoms with E-state index >= 15 is 0 Å². The second-order valence-electron chi connectivity index (χ2n) is 8.72. The topological polar surface area (TPSA) is 71.6 Å². The fraction of sp³-hybridized carbons (Fsp3) is 0.320. The lowest BCUT2D eigenvalue weighted by Crippen LogP contribution is -2.38. The summed E-state index contributed by atoms with van der Waals surface area (Å²) in [5.41, 5.74) is 3.02. The van der Waals surface area contributed by atoms with Gasteiger partial charge in [-0.2, -0.15) is 5.10 Å². The first-order chi connectivity index (χ1) is 16.0. The van der Waals surface area contributed by atoms with Crippen molar-refractivity contribution in [2.24, 2.45) is 13.0 Å². The Balaban J connectivity index is 1.21. The molecule has 0 bridgehead atoms. The number of likely N-dealkylation sites (tertiary alicyclic amines) is 1. The molecule has 7 nitrogen and oxygen atoms in total. The predicted molar refractivity (Wildman–Crippen MR) is 125 cm³/mol. The largest absolute Gasteiger partial charge is 0.352 e. The minimum absolute atomic E-state index is 0.153. The van der Waals surface area contributed by atoms with E-state index in [1.807, 2.05) is 18.2 Å². The molecule has 1 aliphatic rings. The van der Waals surface area contributed by atoms with Crippen molar-refractivity contribution < 1.29 is 9.18 Å². The highest BCUT2D eigenvalue weighted by molar-refractivity contribution is 5.97. The van der Waals surface area contributed by atoms with Gasteiger partial charge in [0.25, 0.3) is 11.5 Å². The van der Waals surface area contributed by atoms with Crippen LogP contribution in [0, 0.1) is 11.7 Å². The van der Waals surface area contributed by atoms with Gasteiger partial charge in [0, 0.05) is 31.3 Å². The van der Waals surface area contributed by atoms with Gasteiger partial charge in [-0.05, 0) is 62.2 Å². The van der Waals surface area contributed by atoms with Gasteiger partial charge in [0.05, 0.1) is 17.2 Å². The van der Waals surface area contributed by atoms with Crippen LogP contribution >= 0.6 is 0 Å². The quantitative estimate of drug-likeness (QED) is 0.511. The van der Waals surface area contributed by atoms with Crippen molar-refractivity contribution in [2.45, 2.75) is 19.4 Å². The zero-order valence-electron chi connectivity index (χ0n) is 18.5. The van der Waals surface area contributed by atoms with Gasteiger partial charge in [0.1, 0.15) is 11.3 Å². The maximum atomic E-state index is 13.9. The van der Waals surface area contributed by atoms with E-state index in [9.17, 15) is 14.0 Å². The van der Waals surface area contributed by atoms with E-state index in [0.717, 1.165) is 37.0 Å². The molecule has 8 heteroatoms. The summed E-state index contributed by atoms with van der Waals surface area (Å²) in [4.78, 5) is 27.6. The summed E-state index contributed by atoms with van der Waals surface area (Å²) >= 11 is 0. The van der Waals surface area contributed by atoms with E-state index in [1.54, 1.807) is 46.6 Å². The molecule has 33 heavy (non-hydrogen) atoms. The van der Waals surface area contributed by atoms with Gasteiger partial charge in [-0.1, -0.05) is 18.2 Å². The van der Waals surface area contributed by atoms with Crippen molar-refractivity contribution in [3.05, 3.63) is 82.0 Å². The fourth-order valence-corrected chi connectivity index (χ4v) is 4.61. The Morgan fingerprint density at radius 1 is 1.09 bits per heavy atom. The second kappa shape index (κ2) is 8.78. The number of halogens is 1. The Hall–Kier alpha value is -3.52. The molecule has 5 rings (SSSR count). The minimum Gasteiger partial charge on any atom is -0.352 e. The van der Waals surface area contributed by atoms with Crippen molar-refractivity contribution in [1.82, 2.24) is 24.4 Å². The van der Waals surface area contributed by atoms with Gasteiger partial charge in [-0.3, -0.25) is 14.5 Å². The monoisotopic (exact) mass is 447 g/mol. The van der Waals surface area contributed by atoms with Crippen molar-refractivity contribution in [3.8, 4) is 0 Å². The molecular weight excluding hydrogens is 421 g/mol. The molecule has 1 aliphatic heterocycles. The van der Waals surface area contributed by atoms with E-state index in [-0.39, 0.29) is 17.3 Å². The average molecular weight is 448 g/mol. The lowest BCUT2D eigenvalue weighted by Gasteiger charge is -2.32. The van der Waals surface area contributed by atoms with Crippen molar-refractivity contribution >= 4 is 22.5 Å². The van der Waals surface area contributed by atoms with E-state index in [2.05, 4.69) is 15.3 Å². The van der Waals surface area contributed by atoms with Gasteiger partial charge in [0.2, 0.25) is 0 Å². The van der Waals surface area contributed by atoms with Crippen LogP contribution in [0.4, 0.5) is 4.39 Å². The van der Waals surface area contributed by atoms with Gasteiger partial charge >= 0.3 is 0 Å². The summed E-state index contributed by atoms with van der Waals surface area (Å²) in [6.07, 6.45) is 3.51. The molecule has 3 heterocycles. The standard InChI is InChI=1S/C25H26FN5O2/c1-29-23-14-18(6-7-21(23)31-22(25(29)33)8-11-28-31)24(32)27-15-17-9-12-30(13-10-17)16-19-4-2-3-5-20(19)26/h2-8,11,14,17H,9-10,12-13,15-16H2,1H3,(H,27,32).